The van der Waals surface area contributed by atoms with E-state index < -0.39 is 0 Å². The normalized spacial score (nSPS) is 12.2. The van der Waals surface area contributed by atoms with Gasteiger partial charge in [-0.25, -0.2) is 4.98 Å². The molecule has 0 saturated heterocycles. The van der Waals surface area contributed by atoms with E-state index in [9.17, 15) is 4.79 Å². The first-order valence-corrected chi connectivity index (χ1v) is 7.80. The second-order valence-corrected chi connectivity index (χ2v) is 5.55. The summed E-state index contributed by atoms with van der Waals surface area (Å²) in [5, 5.41) is 3.33. The highest BCUT2D eigenvalue weighted by atomic mass is 35.5. The molecule has 0 fully saturated rings. The van der Waals surface area contributed by atoms with E-state index in [1.807, 2.05) is 19.2 Å². The molecule has 1 atom stereocenters. The van der Waals surface area contributed by atoms with Gasteiger partial charge in [0.15, 0.2) is 0 Å². The Hall–Kier alpha value is -0.740. The van der Waals surface area contributed by atoms with Crippen molar-refractivity contribution in [3.8, 4) is 0 Å². The molecule has 0 spiro atoms. The first-order valence-electron chi connectivity index (χ1n) is 6.03. The van der Waals surface area contributed by atoms with Crippen molar-refractivity contribution in [1.29, 1.82) is 0 Å². The molecule has 3 nitrogen and oxygen atoms in total. The first-order chi connectivity index (χ1) is 8.56. The quantitative estimate of drug-likeness (QED) is 0.817. The van der Waals surface area contributed by atoms with Crippen molar-refractivity contribution in [2.24, 2.45) is 0 Å². The summed E-state index contributed by atoms with van der Waals surface area (Å²) in [6, 6.07) is 3.58. The molecule has 1 heterocycles. The second-order valence-electron chi connectivity index (χ2n) is 4.25. The molecular formula is C13H19ClN2OS. The molecule has 0 aliphatic carbocycles. The Bertz CT molecular complexity index is 412. The molecule has 0 aliphatic rings. The minimum Gasteiger partial charge on any atom is -0.349 e. The highest BCUT2D eigenvalue weighted by Gasteiger charge is 2.11. The van der Waals surface area contributed by atoms with Crippen LogP contribution in [0.2, 0.25) is 5.15 Å². The molecule has 0 aromatic carbocycles. The fraction of sp³-hybridized carbons (Fsp3) is 0.538. The van der Waals surface area contributed by atoms with Crippen LogP contribution in [-0.2, 0) is 6.42 Å². The van der Waals surface area contributed by atoms with Gasteiger partial charge in [-0.05, 0) is 31.7 Å². The largest absolute Gasteiger partial charge is 0.349 e. The van der Waals surface area contributed by atoms with Crippen molar-refractivity contribution in [3.05, 3.63) is 28.5 Å². The van der Waals surface area contributed by atoms with Gasteiger partial charge in [-0.15, -0.1) is 0 Å². The number of rotatable bonds is 6. The fourth-order valence-electron chi connectivity index (χ4n) is 1.67. The second kappa shape index (κ2) is 7.64. The molecule has 1 aromatic heterocycles. The predicted molar refractivity (Wildman–Crippen MR) is 78.6 cm³/mol. The van der Waals surface area contributed by atoms with Gasteiger partial charge in [0, 0.05) is 23.1 Å². The van der Waals surface area contributed by atoms with Gasteiger partial charge in [0.2, 0.25) is 0 Å². The highest BCUT2D eigenvalue weighted by Crippen LogP contribution is 2.12. The van der Waals surface area contributed by atoms with Crippen molar-refractivity contribution >= 4 is 29.3 Å². The average molecular weight is 287 g/mol. The maximum absolute atomic E-state index is 12.0. The number of halogens is 1. The Morgan fingerprint density at radius 1 is 1.56 bits per heavy atom. The van der Waals surface area contributed by atoms with Crippen LogP contribution in [0.25, 0.3) is 0 Å². The molecular weight excluding hydrogens is 268 g/mol. The van der Waals surface area contributed by atoms with Gasteiger partial charge in [0.1, 0.15) is 5.15 Å². The molecule has 18 heavy (non-hydrogen) atoms. The zero-order chi connectivity index (χ0) is 13.5. The van der Waals surface area contributed by atoms with E-state index in [0.29, 0.717) is 10.7 Å². The smallest absolute Gasteiger partial charge is 0.251 e. The van der Waals surface area contributed by atoms with E-state index in [1.54, 1.807) is 17.8 Å². The van der Waals surface area contributed by atoms with Gasteiger partial charge >= 0.3 is 0 Å². The highest BCUT2D eigenvalue weighted by molar-refractivity contribution is 7.98. The monoisotopic (exact) mass is 286 g/mol. The number of nitrogens with zero attached hydrogens (tertiary/aromatic N) is 1. The third-order valence-corrected chi connectivity index (χ3v) is 3.44. The number of carbonyl (C=O) groups is 1. The lowest BCUT2D eigenvalue weighted by atomic mass is 10.1. The minimum absolute atomic E-state index is 0.0850. The summed E-state index contributed by atoms with van der Waals surface area (Å²) in [6.45, 7) is 4.06. The van der Waals surface area contributed by atoms with Crippen LogP contribution in [0.3, 0.4) is 0 Å². The summed E-state index contributed by atoms with van der Waals surface area (Å²) in [7, 11) is 0. The number of amides is 1. The summed E-state index contributed by atoms with van der Waals surface area (Å²) < 4.78 is 0. The Morgan fingerprint density at radius 2 is 2.28 bits per heavy atom. The lowest BCUT2D eigenvalue weighted by Gasteiger charge is -2.13. The molecule has 0 bridgehead atoms. The molecule has 5 heteroatoms. The molecule has 1 amide bonds. The Balaban J connectivity index is 2.78. The number of carbonyl (C=O) groups excluding carboxylic acids is 1. The number of aromatic nitrogens is 1. The van der Waals surface area contributed by atoms with Gasteiger partial charge < -0.3 is 5.32 Å². The third kappa shape index (κ3) is 4.86. The van der Waals surface area contributed by atoms with E-state index in [1.165, 1.54) is 0 Å². The van der Waals surface area contributed by atoms with E-state index in [0.717, 1.165) is 24.3 Å². The van der Waals surface area contributed by atoms with Crippen LogP contribution in [-0.4, -0.2) is 28.9 Å². The van der Waals surface area contributed by atoms with Gasteiger partial charge in [0.05, 0.1) is 0 Å². The standard InChI is InChI=1S/C13H19ClN2OS/c1-4-5-11-6-10(7-12(14)16-11)13(17)15-9(2)8-18-3/h6-7,9H,4-5,8H2,1-3H3,(H,15,17). The summed E-state index contributed by atoms with van der Waals surface area (Å²) in [4.78, 5) is 16.2. The Kier molecular flexibility index (Phi) is 6.50. The van der Waals surface area contributed by atoms with Gasteiger partial charge in [0.25, 0.3) is 5.91 Å². The van der Waals surface area contributed by atoms with Crippen LogP contribution in [0.4, 0.5) is 0 Å². The molecule has 0 saturated carbocycles. The molecule has 1 aromatic rings. The van der Waals surface area contributed by atoms with Gasteiger partial charge in [-0.3, -0.25) is 4.79 Å². The fourth-order valence-corrected chi connectivity index (χ4v) is 2.47. The van der Waals surface area contributed by atoms with Gasteiger partial charge in [-0.1, -0.05) is 24.9 Å². The maximum atomic E-state index is 12.0. The summed E-state index contributed by atoms with van der Waals surface area (Å²) in [5.41, 5.74) is 1.46. The summed E-state index contributed by atoms with van der Waals surface area (Å²) in [6.07, 6.45) is 3.84. The van der Waals surface area contributed by atoms with Crippen molar-refractivity contribution in [1.82, 2.24) is 10.3 Å². The Labute approximate surface area is 118 Å². The molecule has 1 unspecified atom stereocenters. The van der Waals surface area contributed by atoms with Crippen molar-refractivity contribution in [2.45, 2.75) is 32.7 Å². The molecule has 1 N–H and O–H groups in total. The Morgan fingerprint density at radius 3 is 2.89 bits per heavy atom. The SMILES string of the molecule is CCCc1cc(C(=O)NC(C)CSC)cc(Cl)n1. The van der Waals surface area contributed by atoms with E-state index in [-0.39, 0.29) is 11.9 Å². The lowest BCUT2D eigenvalue weighted by Crippen LogP contribution is -2.34. The number of hydrogen-bond acceptors (Lipinski definition) is 3. The predicted octanol–water partition coefficient (Wildman–Crippen LogP) is 3.17. The number of thioether (sulfide) groups is 1. The van der Waals surface area contributed by atoms with Crippen LogP contribution in [0.1, 0.15) is 36.3 Å². The first kappa shape index (κ1) is 15.3. The molecule has 0 radical (unpaired) electrons. The molecule has 0 aliphatic heterocycles. The third-order valence-electron chi connectivity index (χ3n) is 2.41. The number of pyridine rings is 1. The average Bonchev–Trinajstić information content (AvgIpc) is 2.28. The van der Waals surface area contributed by atoms with Crippen molar-refractivity contribution in [3.63, 3.8) is 0 Å². The zero-order valence-corrected chi connectivity index (χ0v) is 12.6. The topological polar surface area (TPSA) is 42.0 Å². The van der Waals surface area contributed by atoms with E-state index in [4.69, 9.17) is 11.6 Å². The van der Waals surface area contributed by atoms with Crippen molar-refractivity contribution < 1.29 is 4.79 Å². The minimum atomic E-state index is -0.0850. The zero-order valence-electron chi connectivity index (χ0n) is 11.0. The van der Waals surface area contributed by atoms with E-state index in [2.05, 4.69) is 17.2 Å². The lowest BCUT2D eigenvalue weighted by molar-refractivity contribution is 0.0943. The molecule has 100 valence electrons. The number of hydrogen-bond donors (Lipinski definition) is 1. The van der Waals surface area contributed by atoms with Crippen LogP contribution >= 0.6 is 23.4 Å². The van der Waals surface area contributed by atoms with Crippen LogP contribution in [0, 0.1) is 0 Å². The summed E-state index contributed by atoms with van der Waals surface area (Å²) >= 11 is 7.64. The van der Waals surface area contributed by atoms with Crippen LogP contribution in [0.5, 0.6) is 0 Å². The van der Waals surface area contributed by atoms with Gasteiger partial charge in [-0.2, -0.15) is 11.8 Å². The van der Waals surface area contributed by atoms with Crippen molar-refractivity contribution in [2.75, 3.05) is 12.0 Å². The van der Waals surface area contributed by atoms with E-state index >= 15 is 0 Å². The van der Waals surface area contributed by atoms with Crippen LogP contribution in [0.15, 0.2) is 12.1 Å². The molecule has 1 rings (SSSR count). The summed E-state index contributed by atoms with van der Waals surface area (Å²) in [5.74, 6) is 0.810. The number of nitrogens with one attached hydrogen (secondary N) is 1. The maximum Gasteiger partial charge on any atom is 0.251 e. The van der Waals surface area contributed by atoms with Crippen LogP contribution < -0.4 is 5.32 Å². The number of aryl methyl sites for hydroxylation is 1.